The van der Waals surface area contributed by atoms with Crippen molar-refractivity contribution in [3.63, 3.8) is 0 Å². The second-order valence-corrected chi connectivity index (χ2v) is 5.47. The molecule has 0 saturated heterocycles. The Balaban J connectivity index is 2.25. The maximum Gasteiger partial charge on any atom is 0.416 e. The zero-order chi connectivity index (χ0) is 18.9. The summed E-state index contributed by atoms with van der Waals surface area (Å²) in [6.07, 6.45) is -5.46. The van der Waals surface area contributed by atoms with Gasteiger partial charge >= 0.3 is 6.18 Å². The van der Waals surface area contributed by atoms with Gasteiger partial charge in [-0.15, -0.1) is 0 Å². The van der Waals surface area contributed by atoms with Gasteiger partial charge in [-0.25, -0.2) is 13.2 Å². The lowest BCUT2D eigenvalue weighted by molar-refractivity contribution is -0.137. The molecule has 0 spiro atoms. The van der Waals surface area contributed by atoms with Crippen LogP contribution in [0.5, 0.6) is 0 Å². The highest BCUT2D eigenvalue weighted by Crippen LogP contribution is 2.31. The molecule has 0 aliphatic rings. The van der Waals surface area contributed by atoms with E-state index >= 15 is 0 Å². The predicted octanol–water partition coefficient (Wildman–Crippen LogP) is 4.92. The number of alkyl halides is 3. The van der Waals surface area contributed by atoms with Crippen LogP contribution in [-0.2, 0) is 17.4 Å². The van der Waals surface area contributed by atoms with E-state index in [0.717, 1.165) is 12.1 Å². The molecule has 0 saturated carbocycles. The zero-order valence-corrected chi connectivity index (χ0v) is 13.2. The molecule has 1 N–H and O–H groups in total. The van der Waals surface area contributed by atoms with Gasteiger partial charge in [0, 0.05) is 11.3 Å². The number of benzene rings is 2. The van der Waals surface area contributed by atoms with E-state index in [1.807, 2.05) is 0 Å². The molecule has 0 aliphatic carbocycles. The SMILES string of the molecule is Cc1c(C)c(F)c(CC(=O)Nc2cccc(C(F)(F)F)c2)c(F)c1F. The Morgan fingerprint density at radius 3 is 2.20 bits per heavy atom. The lowest BCUT2D eigenvalue weighted by Crippen LogP contribution is -2.18. The third-order valence-electron chi connectivity index (χ3n) is 3.75. The van der Waals surface area contributed by atoms with Gasteiger partial charge in [0.25, 0.3) is 0 Å². The Bertz CT molecular complexity index is 800. The number of carbonyl (C=O) groups excluding carboxylic acids is 1. The first kappa shape index (κ1) is 18.8. The molecule has 0 fully saturated rings. The Labute approximate surface area is 139 Å². The summed E-state index contributed by atoms with van der Waals surface area (Å²) in [6.45, 7) is 2.44. The van der Waals surface area contributed by atoms with Crippen LogP contribution in [0.15, 0.2) is 24.3 Å². The highest BCUT2D eigenvalue weighted by molar-refractivity contribution is 5.92. The number of nitrogens with one attached hydrogen (secondary N) is 1. The van der Waals surface area contributed by atoms with Crippen molar-refractivity contribution in [3.8, 4) is 0 Å². The fraction of sp³-hybridized carbons (Fsp3) is 0.235. The van der Waals surface area contributed by atoms with Crippen LogP contribution in [0.3, 0.4) is 0 Å². The van der Waals surface area contributed by atoms with Crippen LogP contribution in [-0.4, -0.2) is 5.91 Å². The summed E-state index contributed by atoms with van der Waals surface area (Å²) >= 11 is 0. The maximum absolute atomic E-state index is 14.1. The molecule has 1 amide bonds. The van der Waals surface area contributed by atoms with Crippen LogP contribution < -0.4 is 5.32 Å². The monoisotopic (exact) mass is 361 g/mol. The standard InChI is InChI=1S/C17H13F6NO/c1-8-9(2)15(19)16(20)12(14(8)18)7-13(25)24-11-5-3-4-10(6-11)17(21,22)23/h3-6H,7H2,1-2H3,(H,24,25). The van der Waals surface area contributed by atoms with Crippen LogP contribution in [0.25, 0.3) is 0 Å². The quantitative estimate of drug-likeness (QED) is 0.610. The van der Waals surface area contributed by atoms with Gasteiger partial charge in [0.15, 0.2) is 11.6 Å². The number of carbonyl (C=O) groups is 1. The number of amides is 1. The number of hydrogen-bond acceptors (Lipinski definition) is 1. The van der Waals surface area contributed by atoms with Gasteiger partial charge < -0.3 is 5.32 Å². The van der Waals surface area contributed by atoms with E-state index in [-0.39, 0.29) is 16.8 Å². The third-order valence-corrected chi connectivity index (χ3v) is 3.75. The first-order chi connectivity index (χ1) is 11.5. The molecule has 2 aromatic carbocycles. The van der Waals surface area contributed by atoms with E-state index in [1.165, 1.54) is 19.9 Å². The highest BCUT2D eigenvalue weighted by atomic mass is 19.4. The summed E-state index contributed by atoms with van der Waals surface area (Å²) in [5.41, 5.74) is -2.30. The molecule has 134 valence electrons. The molecule has 0 unspecified atom stereocenters. The Morgan fingerprint density at radius 1 is 1.00 bits per heavy atom. The minimum absolute atomic E-state index is 0.138. The molecule has 2 rings (SSSR count). The van der Waals surface area contributed by atoms with E-state index in [1.54, 1.807) is 0 Å². The molecular weight excluding hydrogens is 348 g/mol. The Hall–Kier alpha value is -2.51. The van der Waals surface area contributed by atoms with Crippen LogP contribution in [0.2, 0.25) is 0 Å². The fourth-order valence-corrected chi connectivity index (χ4v) is 2.24. The fourth-order valence-electron chi connectivity index (χ4n) is 2.24. The summed E-state index contributed by atoms with van der Waals surface area (Å²) in [7, 11) is 0. The van der Waals surface area contributed by atoms with Crippen LogP contribution >= 0.6 is 0 Å². The van der Waals surface area contributed by atoms with Gasteiger partial charge in [-0.05, 0) is 43.2 Å². The van der Waals surface area contributed by atoms with Crippen LogP contribution in [0, 0.1) is 31.3 Å². The Kier molecular flexibility index (Phi) is 5.10. The van der Waals surface area contributed by atoms with E-state index in [9.17, 15) is 31.1 Å². The van der Waals surface area contributed by atoms with Crippen molar-refractivity contribution in [1.29, 1.82) is 0 Å². The number of hydrogen-bond donors (Lipinski definition) is 1. The summed E-state index contributed by atoms with van der Waals surface area (Å²) in [6, 6.07) is 3.77. The van der Waals surface area contributed by atoms with Crippen molar-refractivity contribution >= 4 is 11.6 Å². The first-order valence-corrected chi connectivity index (χ1v) is 7.12. The van der Waals surface area contributed by atoms with E-state index in [2.05, 4.69) is 5.32 Å². The van der Waals surface area contributed by atoms with Gasteiger partial charge in [0.1, 0.15) is 5.82 Å². The van der Waals surface area contributed by atoms with Gasteiger partial charge in [0.05, 0.1) is 12.0 Å². The van der Waals surface area contributed by atoms with E-state index in [4.69, 9.17) is 0 Å². The van der Waals surface area contributed by atoms with Gasteiger partial charge in [-0.1, -0.05) is 6.07 Å². The first-order valence-electron chi connectivity index (χ1n) is 7.12. The average molecular weight is 361 g/mol. The van der Waals surface area contributed by atoms with Gasteiger partial charge in [0.2, 0.25) is 5.91 Å². The molecule has 0 atom stereocenters. The number of rotatable bonds is 3. The molecule has 0 aliphatic heterocycles. The molecule has 0 aromatic heterocycles. The lowest BCUT2D eigenvalue weighted by Gasteiger charge is -2.13. The van der Waals surface area contributed by atoms with Crippen molar-refractivity contribution in [1.82, 2.24) is 0 Å². The normalized spacial score (nSPS) is 11.5. The average Bonchev–Trinajstić information content (AvgIpc) is 2.54. The maximum atomic E-state index is 14.1. The molecular formula is C17H13F6NO. The molecule has 2 nitrogen and oxygen atoms in total. The minimum Gasteiger partial charge on any atom is -0.326 e. The summed E-state index contributed by atoms with van der Waals surface area (Å²) in [5.74, 6) is -4.78. The molecule has 25 heavy (non-hydrogen) atoms. The van der Waals surface area contributed by atoms with E-state index in [0.29, 0.717) is 6.07 Å². The molecule has 0 radical (unpaired) electrons. The third kappa shape index (κ3) is 3.94. The van der Waals surface area contributed by atoms with E-state index < -0.39 is 47.1 Å². The van der Waals surface area contributed by atoms with Crippen molar-refractivity contribution in [3.05, 3.63) is 64.0 Å². The second-order valence-electron chi connectivity index (χ2n) is 5.47. The topological polar surface area (TPSA) is 29.1 Å². The predicted molar refractivity (Wildman–Crippen MR) is 79.6 cm³/mol. The van der Waals surface area contributed by atoms with Gasteiger partial charge in [-0.2, -0.15) is 13.2 Å². The molecule has 2 aromatic rings. The van der Waals surface area contributed by atoms with Gasteiger partial charge in [-0.3, -0.25) is 4.79 Å². The van der Waals surface area contributed by atoms with Crippen LogP contribution in [0.4, 0.5) is 32.0 Å². The van der Waals surface area contributed by atoms with Crippen molar-refractivity contribution < 1.29 is 31.1 Å². The van der Waals surface area contributed by atoms with Crippen molar-refractivity contribution in [2.24, 2.45) is 0 Å². The van der Waals surface area contributed by atoms with Crippen molar-refractivity contribution in [2.75, 3.05) is 5.32 Å². The summed E-state index contributed by atoms with van der Waals surface area (Å²) < 4.78 is 79.6. The zero-order valence-electron chi connectivity index (χ0n) is 13.2. The minimum atomic E-state index is -4.60. The van der Waals surface area contributed by atoms with Crippen molar-refractivity contribution in [2.45, 2.75) is 26.4 Å². The Morgan fingerprint density at radius 2 is 1.60 bits per heavy atom. The smallest absolute Gasteiger partial charge is 0.326 e. The second kappa shape index (κ2) is 6.78. The highest BCUT2D eigenvalue weighted by Gasteiger charge is 2.30. The largest absolute Gasteiger partial charge is 0.416 e. The molecule has 8 heteroatoms. The number of halogens is 6. The molecule has 0 heterocycles. The summed E-state index contributed by atoms with van der Waals surface area (Å²) in [4.78, 5) is 11.9. The van der Waals surface area contributed by atoms with Crippen LogP contribution in [0.1, 0.15) is 22.3 Å². The lowest BCUT2D eigenvalue weighted by atomic mass is 10.0. The molecule has 0 bridgehead atoms. The summed E-state index contributed by atoms with van der Waals surface area (Å²) in [5, 5.41) is 2.12. The number of anilines is 1.